The molecule has 138 valence electrons. The normalized spacial score (nSPS) is 48.9. The van der Waals surface area contributed by atoms with Gasteiger partial charge in [0.25, 0.3) is 0 Å². The van der Waals surface area contributed by atoms with Crippen molar-refractivity contribution in [3.63, 3.8) is 0 Å². The molecule has 0 aromatic heterocycles. The summed E-state index contributed by atoms with van der Waals surface area (Å²) in [4.78, 5) is 23.5. The molecule has 0 aromatic rings. The first-order chi connectivity index (χ1) is 11.8. The molecule has 4 rings (SSSR count). The number of amides is 1. The summed E-state index contributed by atoms with van der Waals surface area (Å²) >= 11 is 0. The quantitative estimate of drug-likeness (QED) is 0.768. The van der Waals surface area contributed by atoms with E-state index < -0.39 is 6.10 Å². The largest absolute Gasteiger partial charge is 0.391 e. The number of nitrogens with one attached hydrogen (secondary N) is 1. The Kier molecular flexibility index (Phi) is 3.91. The number of carbonyl (C=O) groups is 2. The fourth-order valence-electron chi connectivity index (χ4n) is 7.05. The molecule has 0 radical (unpaired) electrons. The fourth-order valence-corrected chi connectivity index (χ4v) is 7.05. The highest BCUT2D eigenvalue weighted by molar-refractivity contribution is 5.91. The fraction of sp³-hybridized carbons (Fsp3) is 0.810. The van der Waals surface area contributed by atoms with Crippen molar-refractivity contribution < 1.29 is 14.7 Å². The van der Waals surface area contributed by atoms with Gasteiger partial charge in [-0.3, -0.25) is 9.59 Å². The van der Waals surface area contributed by atoms with Gasteiger partial charge in [-0.15, -0.1) is 0 Å². The summed E-state index contributed by atoms with van der Waals surface area (Å²) in [5.74, 6) is 1.94. The Bertz CT molecular complexity index is 641. The van der Waals surface area contributed by atoms with Gasteiger partial charge in [0.2, 0.25) is 5.91 Å². The first kappa shape index (κ1) is 17.3. The Morgan fingerprint density at radius 3 is 2.68 bits per heavy atom. The van der Waals surface area contributed by atoms with Crippen molar-refractivity contribution in [3.05, 3.63) is 11.6 Å². The average molecular weight is 345 g/mol. The molecular weight excluding hydrogens is 314 g/mol. The molecule has 4 nitrogen and oxygen atoms in total. The maximum atomic E-state index is 11.9. The van der Waals surface area contributed by atoms with Crippen molar-refractivity contribution in [2.75, 3.05) is 0 Å². The lowest BCUT2D eigenvalue weighted by Crippen LogP contribution is -2.55. The molecule has 0 heterocycles. The smallest absolute Gasteiger partial charge is 0.217 e. The van der Waals surface area contributed by atoms with E-state index in [1.165, 1.54) is 5.57 Å². The second kappa shape index (κ2) is 5.67. The third kappa shape index (κ3) is 2.43. The minimum Gasteiger partial charge on any atom is -0.391 e. The van der Waals surface area contributed by atoms with Crippen LogP contribution in [0.25, 0.3) is 0 Å². The Labute approximate surface area is 150 Å². The van der Waals surface area contributed by atoms with E-state index in [1.807, 2.05) is 6.08 Å². The molecule has 3 fully saturated rings. The number of hydrogen-bond acceptors (Lipinski definition) is 3. The van der Waals surface area contributed by atoms with Crippen LogP contribution in [0.4, 0.5) is 0 Å². The van der Waals surface area contributed by atoms with Crippen LogP contribution in [0.2, 0.25) is 0 Å². The van der Waals surface area contributed by atoms with Gasteiger partial charge in [0.15, 0.2) is 5.78 Å². The number of hydrogen-bond donors (Lipinski definition) is 2. The molecule has 25 heavy (non-hydrogen) atoms. The molecule has 0 bridgehead atoms. The number of rotatable bonds is 1. The van der Waals surface area contributed by atoms with Crippen molar-refractivity contribution in [1.29, 1.82) is 0 Å². The first-order valence-corrected chi connectivity index (χ1v) is 9.95. The van der Waals surface area contributed by atoms with Gasteiger partial charge in [-0.05, 0) is 73.2 Å². The molecule has 7 atom stereocenters. The Morgan fingerprint density at radius 1 is 1.20 bits per heavy atom. The zero-order valence-corrected chi connectivity index (χ0v) is 15.7. The summed E-state index contributed by atoms with van der Waals surface area (Å²) in [7, 11) is 0. The van der Waals surface area contributed by atoms with Crippen LogP contribution in [0, 0.1) is 28.6 Å². The van der Waals surface area contributed by atoms with Crippen LogP contribution >= 0.6 is 0 Å². The van der Waals surface area contributed by atoms with E-state index in [0.717, 1.165) is 38.5 Å². The monoisotopic (exact) mass is 345 g/mol. The lowest BCUT2D eigenvalue weighted by atomic mass is 9.47. The molecule has 3 saturated carbocycles. The zero-order valence-electron chi connectivity index (χ0n) is 15.7. The number of carbonyl (C=O) groups excluding carboxylic acids is 2. The standard InChI is InChI=1S/C21H31NO3/c1-12(23)22-19-18(25)11-17-15-5-4-13-10-14(24)6-8-20(13,2)16(15)7-9-21(17,19)3/h10,15-19,25H,4-9,11H2,1-3H3,(H,22,23)/t15-,16+,17+,18-,19-,20+,21+/m1/s1. The van der Waals surface area contributed by atoms with Gasteiger partial charge >= 0.3 is 0 Å². The van der Waals surface area contributed by atoms with E-state index in [2.05, 4.69) is 19.2 Å². The number of fused-ring (bicyclic) bond motifs is 5. The van der Waals surface area contributed by atoms with E-state index in [9.17, 15) is 14.7 Å². The number of allylic oxidation sites excluding steroid dienone is 1. The van der Waals surface area contributed by atoms with Crippen LogP contribution in [0.1, 0.15) is 65.7 Å². The maximum Gasteiger partial charge on any atom is 0.217 e. The lowest BCUT2D eigenvalue weighted by molar-refractivity contribution is -0.122. The Morgan fingerprint density at radius 2 is 1.96 bits per heavy atom. The van der Waals surface area contributed by atoms with Crippen molar-refractivity contribution in [2.45, 2.75) is 77.9 Å². The van der Waals surface area contributed by atoms with Crippen LogP contribution in [0.15, 0.2) is 11.6 Å². The topological polar surface area (TPSA) is 66.4 Å². The van der Waals surface area contributed by atoms with Crippen LogP contribution in [-0.2, 0) is 9.59 Å². The predicted molar refractivity (Wildman–Crippen MR) is 95.7 cm³/mol. The maximum absolute atomic E-state index is 11.9. The molecular formula is C21H31NO3. The molecule has 4 aliphatic rings. The summed E-state index contributed by atoms with van der Waals surface area (Å²) in [6.45, 7) is 6.21. The second-order valence-electron chi connectivity index (χ2n) is 9.49. The van der Waals surface area contributed by atoms with Gasteiger partial charge in [-0.25, -0.2) is 0 Å². The summed E-state index contributed by atoms with van der Waals surface area (Å²) in [6, 6.07) is -0.117. The molecule has 2 N–H and O–H groups in total. The van der Waals surface area contributed by atoms with Crippen LogP contribution in [0.3, 0.4) is 0 Å². The van der Waals surface area contributed by atoms with Crippen LogP contribution < -0.4 is 5.32 Å². The molecule has 0 aliphatic heterocycles. The SMILES string of the molecule is CC(=O)N[C@@H]1[C@H](O)C[C@H]2[C@@H]3CCC4=CC(=O)CC[C@]4(C)[C@H]3CC[C@]12C. The van der Waals surface area contributed by atoms with Gasteiger partial charge in [-0.1, -0.05) is 19.4 Å². The van der Waals surface area contributed by atoms with Crippen LogP contribution in [-0.4, -0.2) is 28.9 Å². The first-order valence-electron chi connectivity index (χ1n) is 9.95. The van der Waals surface area contributed by atoms with Gasteiger partial charge in [0.05, 0.1) is 12.1 Å². The minimum atomic E-state index is -0.435. The van der Waals surface area contributed by atoms with E-state index in [-0.39, 0.29) is 22.8 Å². The highest BCUT2D eigenvalue weighted by Crippen LogP contribution is 2.65. The highest BCUT2D eigenvalue weighted by atomic mass is 16.3. The van der Waals surface area contributed by atoms with E-state index >= 15 is 0 Å². The third-order valence-corrected chi connectivity index (χ3v) is 8.35. The van der Waals surface area contributed by atoms with Gasteiger partial charge < -0.3 is 10.4 Å². The summed E-state index contributed by atoms with van der Waals surface area (Å²) in [6.07, 6.45) is 8.32. The molecule has 0 aromatic carbocycles. The number of aliphatic hydroxyl groups excluding tert-OH is 1. The molecule has 4 aliphatic carbocycles. The van der Waals surface area contributed by atoms with Crippen molar-refractivity contribution in [2.24, 2.45) is 28.6 Å². The van der Waals surface area contributed by atoms with E-state index in [0.29, 0.717) is 30.0 Å². The van der Waals surface area contributed by atoms with Gasteiger partial charge in [-0.2, -0.15) is 0 Å². The lowest BCUT2D eigenvalue weighted by Gasteiger charge is -2.58. The van der Waals surface area contributed by atoms with Crippen molar-refractivity contribution in [1.82, 2.24) is 5.32 Å². The molecule has 4 heteroatoms. The highest BCUT2D eigenvalue weighted by Gasteiger charge is 2.61. The second-order valence-corrected chi connectivity index (χ2v) is 9.49. The van der Waals surface area contributed by atoms with Crippen molar-refractivity contribution in [3.8, 4) is 0 Å². The summed E-state index contributed by atoms with van der Waals surface area (Å²) in [5, 5.41) is 13.7. The number of aliphatic hydroxyl groups is 1. The van der Waals surface area contributed by atoms with Crippen LogP contribution in [0.5, 0.6) is 0 Å². The van der Waals surface area contributed by atoms with E-state index in [1.54, 1.807) is 6.92 Å². The molecule has 0 saturated heterocycles. The zero-order chi connectivity index (χ0) is 18.0. The predicted octanol–water partition coefficient (Wildman–Crippen LogP) is 2.99. The average Bonchev–Trinajstić information content (AvgIpc) is 2.79. The minimum absolute atomic E-state index is 0.00564. The third-order valence-electron chi connectivity index (χ3n) is 8.35. The Hall–Kier alpha value is -1.16. The number of ketones is 1. The van der Waals surface area contributed by atoms with Gasteiger partial charge in [0.1, 0.15) is 0 Å². The summed E-state index contributed by atoms with van der Waals surface area (Å²) < 4.78 is 0. The van der Waals surface area contributed by atoms with E-state index in [4.69, 9.17) is 0 Å². The van der Waals surface area contributed by atoms with Gasteiger partial charge in [0, 0.05) is 13.3 Å². The molecule has 0 spiro atoms. The summed E-state index contributed by atoms with van der Waals surface area (Å²) in [5.41, 5.74) is 1.54. The molecule has 1 amide bonds. The van der Waals surface area contributed by atoms with Crippen molar-refractivity contribution >= 4 is 11.7 Å². The Balaban J connectivity index is 1.65. The molecule has 0 unspecified atom stereocenters.